The average Bonchev–Trinajstić information content (AvgIpc) is 2.20. The molecule has 0 aromatic carbocycles. The molecule has 17 heavy (non-hydrogen) atoms. The van der Waals surface area contributed by atoms with Gasteiger partial charge < -0.3 is 9.53 Å². The number of rotatable bonds is 7. The molecule has 0 saturated heterocycles. The fraction of sp³-hybridized carbons (Fsp3) is 0.786. The van der Waals surface area contributed by atoms with E-state index in [1.54, 1.807) is 0 Å². The Hall–Kier alpha value is -0.343. The van der Waals surface area contributed by atoms with Gasteiger partial charge in [-0.15, -0.1) is 5.73 Å². The van der Waals surface area contributed by atoms with E-state index in [0.29, 0.717) is 6.61 Å². The van der Waals surface area contributed by atoms with Crippen molar-refractivity contribution in [3.63, 3.8) is 0 Å². The van der Waals surface area contributed by atoms with Crippen LogP contribution in [-0.2, 0) is 4.43 Å². The molecule has 100 valence electrons. The molecule has 3 heteroatoms. The number of aliphatic hydroxyl groups is 1. The molecule has 2 nitrogen and oxygen atoms in total. The molecule has 0 bridgehead atoms. The third-order valence-corrected chi connectivity index (χ3v) is 7.83. The van der Waals surface area contributed by atoms with Gasteiger partial charge in [-0.2, -0.15) is 0 Å². The first-order valence-corrected chi connectivity index (χ1v) is 9.36. The van der Waals surface area contributed by atoms with Crippen molar-refractivity contribution in [2.24, 2.45) is 0 Å². The molecule has 0 rings (SSSR count). The standard InChI is InChI=1S/C14H28O2Si/c1-14(2,3)17(4,5)16-13-11-9-7-6-8-10-12-15/h7,11,15H,6,8,10,12-13H2,1-5H3. The third kappa shape index (κ3) is 7.56. The molecule has 0 fully saturated rings. The van der Waals surface area contributed by atoms with E-state index in [4.69, 9.17) is 9.53 Å². The van der Waals surface area contributed by atoms with Crippen molar-refractivity contribution in [3.05, 3.63) is 17.9 Å². The zero-order chi connectivity index (χ0) is 13.4. The molecule has 0 aliphatic carbocycles. The summed E-state index contributed by atoms with van der Waals surface area (Å²) in [5.74, 6) is 0. The Labute approximate surface area is 108 Å². The Kier molecular flexibility index (Phi) is 7.72. The van der Waals surface area contributed by atoms with Crippen LogP contribution in [0.25, 0.3) is 0 Å². The van der Waals surface area contributed by atoms with E-state index < -0.39 is 8.32 Å². The normalized spacial score (nSPS) is 12.1. The van der Waals surface area contributed by atoms with Crippen molar-refractivity contribution < 1.29 is 9.53 Å². The molecule has 0 aliphatic rings. The number of hydrogen-bond donors (Lipinski definition) is 1. The lowest BCUT2D eigenvalue weighted by atomic mass is 10.2. The van der Waals surface area contributed by atoms with Crippen molar-refractivity contribution in [2.45, 2.75) is 58.2 Å². The second-order valence-corrected chi connectivity index (χ2v) is 10.7. The van der Waals surface area contributed by atoms with Gasteiger partial charge in [0.1, 0.15) is 0 Å². The minimum absolute atomic E-state index is 0.270. The van der Waals surface area contributed by atoms with Gasteiger partial charge in [0, 0.05) is 6.61 Å². The van der Waals surface area contributed by atoms with E-state index in [2.05, 4.69) is 39.6 Å². The van der Waals surface area contributed by atoms with Crippen LogP contribution in [-0.4, -0.2) is 26.6 Å². The summed E-state index contributed by atoms with van der Waals surface area (Å²) in [6.07, 6.45) is 6.86. The minimum atomic E-state index is -1.60. The Balaban J connectivity index is 3.87. The van der Waals surface area contributed by atoms with E-state index in [-0.39, 0.29) is 11.6 Å². The summed E-state index contributed by atoms with van der Waals surface area (Å²) >= 11 is 0. The molecule has 0 radical (unpaired) electrons. The molecule has 0 atom stereocenters. The van der Waals surface area contributed by atoms with Crippen LogP contribution in [0.4, 0.5) is 0 Å². The highest BCUT2D eigenvalue weighted by Gasteiger charge is 2.36. The Morgan fingerprint density at radius 2 is 1.82 bits per heavy atom. The summed E-state index contributed by atoms with van der Waals surface area (Å²) in [7, 11) is -1.60. The van der Waals surface area contributed by atoms with Gasteiger partial charge in [-0.05, 0) is 49.5 Å². The molecular weight excluding hydrogens is 228 g/mol. The van der Waals surface area contributed by atoms with Crippen LogP contribution in [0.2, 0.25) is 18.1 Å². The summed E-state index contributed by atoms with van der Waals surface area (Å²) in [4.78, 5) is 0. The summed E-state index contributed by atoms with van der Waals surface area (Å²) < 4.78 is 5.98. The van der Waals surface area contributed by atoms with E-state index >= 15 is 0 Å². The average molecular weight is 256 g/mol. The van der Waals surface area contributed by atoms with Crippen molar-refractivity contribution in [2.75, 3.05) is 13.2 Å². The molecular formula is C14H28O2Si. The highest BCUT2D eigenvalue weighted by atomic mass is 28.4. The van der Waals surface area contributed by atoms with Crippen molar-refractivity contribution in [3.8, 4) is 0 Å². The number of unbranched alkanes of at least 4 members (excludes halogenated alkanes) is 2. The molecule has 0 aliphatic heterocycles. The van der Waals surface area contributed by atoms with Crippen LogP contribution in [0.15, 0.2) is 17.9 Å². The fourth-order valence-corrected chi connectivity index (χ4v) is 1.97. The van der Waals surface area contributed by atoms with Gasteiger partial charge in [0.2, 0.25) is 0 Å². The van der Waals surface area contributed by atoms with E-state index in [0.717, 1.165) is 19.3 Å². The van der Waals surface area contributed by atoms with Crippen LogP contribution in [0.1, 0.15) is 40.0 Å². The topological polar surface area (TPSA) is 29.5 Å². The monoisotopic (exact) mass is 256 g/mol. The lowest BCUT2D eigenvalue weighted by molar-refractivity contribution is 0.285. The maximum atomic E-state index is 8.62. The van der Waals surface area contributed by atoms with Gasteiger partial charge in [0.25, 0.3) is 0 Å². The second-order valence-electron chi connectivity index (χ2n) is 5.87. The van der Waals surface area contributed by atoms with Crippen LogP contribution >= 0.6 is 0 Å². The van der Waals surface area contributed by atoms with E-state index in [1.165, 1.54) is 0 Å². The summed E-state index contributed by atoms with van der Waals surface area (Å²) in [5, 5.41) is 8.88. The van der Waals surface area contributed by atoms with Gasteiger partial charge in [-0.25, -0.2) is 0 Å². The molecule has 1 N–H and O–H groups in total. The lowest BCUT2D eigenvalue weighted by Gasteiger charge is -2.35. The predicted molar refractivity (Wildman–Crippen MR) is 76.7 cm³/mol. The quantitative estimate of drug-likeness (QED) is 0.425. The third-order valence-electron chi connectivity index (χ3n) is 3.33. The lowest BCUT2D eigenvalue weighted by Crippen LogP contribution is -2.40. The van der Waals surface area contributed by atoms with Crippen molar-refractivity contribution in [1.29, 1.82) is 0 Å². The zero-order valence-corrected chi connectivity index (χ0v) is 13.0. The highest BCUT2D eigenvalue weighted by molar-refractivity contribution is 6.74. The SMILES string of the molecule is CC(C)(C)[Si](C)(C)OCC=C=CCCCCO. The predicted octanol–water partition coefficient (Wildman–Crippen LogP) is 3.88. The van der Waals surface area contributed by atoms with E-state index in [9.17, 15) is 0 Å². The smallest absolute Gasteiger partial charge is 0.192 e. The molecule has 0 heterocycles. The molecule has 0 saturated carbocycles. The number of hydrogen-bond acceptors (Lipinski definition) is 2. The number of aliphatic hydroxyl groups excluding tert-OH is 1. The van der Waals surface area contributed by atoms with Crippen molar-refractivity contribution >= 4 is 8.32 Å². The summed E-state index contributed by atoms with van der Waals surface area (Å²) in [6.45, 7) is 12.2. The van der Waals surface area contributed by atoms with E-state index in [1.807, 2.05) is 12.2 Å². The minimum Gasteiger partial charge on any atom is -0.413 e. The van der Waals surface area contributed by atoms with Gasteiger partial charge in [0.05, 0.1) is 6.61 Å². The molecule has 0 spiro atoms. The van der Waals surface area contributed by atoms with Gasteiger partial charge in [-0.1, -0.05) is 20.8 Å². The maximum Gasteiger partial charge on any atom is 0.192 e. The van der Waals surface area contributed by atoms with Gasteiger partial charge in [0.15, 0.2) is 8.32 Å². The first-order valence-electron chi connectivity index (χ1n) is 6.45. The van der Waals surface area contributed by atoms with Gasteiger partial charge in [-0.3, -0.25) is 0 Å². The summed E-state index contributed by atoms with van der Waals surface area (Å²) in [6, 6.07) is 0. The van der Waals surface area contributed by atoms with Crippen molar-refractivity contribution in [1.82, 2.24) is 0 Å². The molecule has 0 aromatic heterocycles. The Bertz CT molecular complexity index is 258. The highest BCUT2D eigenvalue weighted by Crippen LogP contribution is 2.36. The first-order chi connectivity index (χ1) is 7.81. The maximum absolute atomic E-state index is 8.62. The fourth-order valence-electron chi connectivity index (χ4n) is 1.04. The van der Waals surface area contributed by atoms with Crippen LogP contribution in [0.3, 0.4) is 0 Å². The molecule has 0 aromatic rings. The second kappa shape index (κ2) is 7.88. The Morgan fingerprint density at radius 1 is 1.18 bits per heavy atom. The van der Waals surface area contributed by atoms with Gasteiger partial charge >= 0.3 is 0 Å². The largest absolute Gasteiger partial charge is 0.413 e. The molecule has 0 unspecified atom stereocenters. The first kappa shape index (κ1) is 16.7. The Morgan fingerprint density at radius 3 is 2.35 bits per heavy atom. The van der Waals surface area contributed by atoms with Crippen LogP contribution in [0, 0.1) is 0 Å². The zero-order valence-electron chi connectivity index (χ0n) is 12.0. The molecule has 0 amide bonds. The van der Waals surface area contributed by atoms with Crippen LogP contribution < -0.4 is 0 Å². The van der Waals surface area contributed by atoms with Crippen LogP contribution in [0.5, 0.6) is 0 Å². The summed E-state index contributed by atoms with van der Waals surface area (Å²) in [5.41, 5.74) is 3.13.